The van der Waals surface area contributed by atoms with E-state index >= 15 is 0 Å². The smallest absolute Gasteiger partial charge is 0.123 e. The second-order valence-corrected chi connectivity index (χ2v) is 3.83. The highest BCUT2D eigenvalue weighted by atomic mass is 19.1. The van der Waals surface area contributed by atoms with Crippen LogP contribution in [0.25, 0.3) is 12.2 Å². The maximum Gasteiger partial charge on any atom is 0.123 e. The zero-order chi connectivity index (χ0) is 12.8. The quantitative estimate of drug-likeness (QED) is 0.685. The standard InChI is InChI=1S/C16H12F2/c17-15-9-3-7-13(11-15)5-1-2-6-14-8-4-10-16(18)12-14/h1-12H/b5-1+,6-2+. The molecule has 2 aromatic rings. The molecule has 2 heteroatoms. The highest BCUT2D eigenvalue weighted by Gasteiger charge is 1.90. The summed E-state index contributed by atoms with van der Waals surface area (Å²) in [6.07, 6.45) is 7.16. The lowest BCUT2D eigenvalue weighted by atomic mass is 10.2. The van der Waals surface area contributed by atoms with Gasteiger partial charge < -0.3 is 0 Å². The first-order valence-electron chi connectivity index (χ1n) is 5.60. The van der Waals surface area contributed by atoms with Crippen LogP contribution in [0.5, 0.6) is 0 Å². The number of benzene rings is 2. The van der Waals surface area contributed by atoms with Gasteiger partial charge in [-0.3, -0.25) is 0 Å². The third-order valence-electron chi connectivity index (χ3n) is 2.39. The minimum absolute atomic E-state index is 0.258. The molecule has 0 nitrogen and oxygen atoms in total. The zero-order valence-electron chi connectivity index (χ0n) is 9.68. The van der Waals surface area contributed by atoms with Gasteiger partial charge in [0.05, 0.1) is 0 Å². The van der Waals surface area contributed by atoms with E-state index in [1.54, 1.807) is 36.4 Å². The van der Waals surface area contributed by atoms with Crippen molar-refractivity contribution in [3.05, 3.63) is 83.4 Å². The van der Waals surface area contributed by atoms with Gasteiger partial charge in [0.25, 0.3) is 0 Å². The van der Waals surface area contributed by atoms with E-state index in [0.29, 0.717) is 0 Å². The summed E-state index contributed by atoms with van der Waals surface area (Å²) in [4.78, 5) is 0. The van der Waals surface area contributed by atoms with Crippen molar-refractivity contribution >= 4 is 12.2 Å². The second-order valence-electron chi connectivity index (χ2n) is 3.83. The predicted molar refractivity (Wildman–Crippen MR) is 70.9 cm³/mol. The highest BCUT2D eigenvalue weighted by molar-refractivity contribution is 5.57. The van der Waals surface area contributed by atoms with Crippen LogP contribution in [-0.4, -0.2) is 0 Å². The predicted octanol–water partition coefficient (Wildman–Crippen LogP) is 4.69. The first-order chi connectivity index (χ1) is 8.74. The number of halogens is 2. The Morgan fingerprint density at radius 1 is 0.667 bits per heavy atom. The monoisotopic (exact) mass is 242 g/mol. The largest absolute Gasteiger partial charge is 0.207 e. The van der Waals surface area contributed by atoms with Crippen LogP contribution in [0.3, 0.4) is 0 Å². The number of hydrogen-bond acceptors (Lipinski definition) is 0. The molecular weight excluding hydrogens is 230 g/mol. The van der Waals surface area contributed by atoms with Gasteiger partial charge in [-0.1, -0.05) is 48.6 Å². The van der Waals surface area contributed by atoms with Crippen LogP contribution in [-0.2, 0) is 0 Å². The topological polar surface area (TPSA) is 0 Å². The molecule has 0 atom stereocenters. The summed E-state index contributed by atoms with van der Waals surface area (Å²) in [7, 11) is 0. The Balaban J connectivity index is 2.03. The highest BCUT2D eigenvalue weighted by Crippen LogP contribution is 2.07. The third-order valence-corrected chi connectivity index (χ3v) is 2.39. The van der Waals surface area contributed by atoms with E-state index in [2.05, 4.69) is 0 Å². The van der Waals surface area contributed by atoms with E-state index in [1.807, 2.05) is 12.1 Å². The minimum atomic E-state index is -0.258. The van der Waals surface area contributed by atoms with Gasteiger partial charge in [-0.25, -0.2) is 8.78 Å². The summed E-state index contributed by atoms with van der Waals surface area (Å²) in [5.41, 5.74) is 1.58. The lowest BCUT2D eigenvalue weighted by molar-refractivity contribution is 0.627. The van der Waals surface area contributed by atoms with E-state index in [0.717, 1.165) is 11.1 Å². The average molecular weight is 242 g/mol. The van der Waals surface area contributed by atoms with Gasteiger partial charge in [0.15, 0.2) is 0 Å². The molecule has 0 saturated heterocycles. The molecule has 0 unspecified atom stereocenters. The fraction of sp³-hybridized carbons (Fsp3) is 0. The molecule has 0 N–H and O–H groups in total. The Kier molecular flexibility index (Phi) is 4.02. The Hall–Kier alpha value is -2.22. The van der Waals surface area contributed by atoms with Crippen molar-refractivity contribution in [2.45, 2.75) is 0 Å². The van der Waals surface area contributed by atoms with Gasteiger partial charge >= 0.3 is 0 Å². The fourth-order valence-electron chi connectivity index (χ4n) is 1.55. The van der Waals surface area contributed by atoms with Crippen molar-refractivity contribution in [2.24, 2.45) is 0 Å². The Morgan fingerprint density at radius 2 is 1.11 bits per heavy atom. The van der Waals surface area contributed by atoms with Crippen molar-refractivity contribution in [1.82, 2.24) is 0 Å². The second kappa shape index (κ2) is 5.92. The van der Waals surface area contributed by atoms with Gasteiger partial charge in [0.1, 0.15) is 11.6 Å². The first-order valence-corrected chi connectivity index (χ1v) is 5.60. The molecule has 0 saturated carbocycles. The minimum Gasteiger partial charge on any atom is -0.207 e. The normalized spacial score (nSPS) is 11.4. The lowest BCUT2D eigenvalue weighted by Gasteiger charge is -1.93. The molecule has 90 valence electrons. The molecule has 0 bridgehead atoms. The first kappa shape index (κ1) is 12.2. The molecule has 0 spiro atoms. The molecule has 0 amide bonds. The van der Waals surface area contributed by atoms with Gasteiger partial charge in [0.2, 0.25) is 0 Å². The molecule has 18 heavy (non-hydrogen) atoms. The van der Waals surface area contributed by atoms with E-state index < -0.39 is 0 Å². The summed E-state index contributed by atoms with van der Waals surface area (Å²) < 4.78 is 25.8. The van der Waals surface area contributed by atoms with Crippen molar-refractivity contribution in [3.8, 4) is 0 Å². The van der Waals surface area contributed by atoms with Crippen molar-refractivity contribution in [1.29, 1.82) is 0 Å². The zero-order valence-corrected chi connectivity index (χ0v) is 9.68. The molecule has 0 heterocycles. The summed E-state index contributed by atoms with van der Waals surface area (Å²) in [6, 6.07) is 12.7. The Morgan fingerprint density at radius 3 is 1.50 bits per heavy atom. The van der Waals surface area contributed by atoms with Crippen LogP contribution in [0, 0.1) is 11.6 Å². The van der Waals surface area contributed by atoms with Crippen molar-refractivity contribution in [2.75, 3.05) is 0 Å². The molecule has 0 fully saturated rings. The van der Waals surface area contributed by atoms with Crippen LogP contribution in [0.2, 0.25) is 0 Å². The fourth-order valence-corrected chi connectivity index (χ4v) is 1.55. The van der Waals surface area contributed by atoms with Crippen LogP contribution >= 0.6 is 0 Å². The number of allylic oxidation sites excluding steroid dienone is 2. The maximum atomic E-state index is 12.9. The SMILES string of the molecule is Fc1cccc(/C=C/C=C/c2cccc(F)c2)c1. The van der Waals surface area contributed by atoms with Gasteiger partial charge in [-0.15, -0.1) is 0 Å². The number of hydrogen-bond donors (Lipinski definition) is 0. The molecule has 0 aliphatic carbocycles. The summed E-state index contributed by atoms with van der Waals surface area (Å²) in [5, 5.41) is 0. The van der Waals surface area contributed by atoms with Crippen molar-refractivity contribution in [3.63, 3.8) is 0 Å². The van der Waals surface area contributed by atoms with E-state index in [9.17, 15) is 8.78 Å². The maximum absolute atomic E-state index is 12.9. The lowest BCUT2D eigenvalue weighted by Crippen LogP contribution is -1.75. The molecule has 0 aliphatic rings. The van der Waals surface area contributed by atoms with Gasteiger partial charge in [-0.2, -0.15) is 0 Å². The van der Waals surface area contributed by atoms with Crippen LogP contribution in [0.1, 0.15) is 11.1 Å². The molecule has 0 aliphatic heterocycles. The van der Waals surface area contributed by atoms with Crippen molar-refractivity contribution < 1.29 is 8.78 Å². The van der Waals surface area contributed by atoms with E-state index in [-0.39, 0.29) is 11.6 Å². The summed E-state index contributed by atoms with van der Waals surface area (Å²) >= 11 is 0. The van der Waals surface area contributed by atoms with E-state index in [1.165, 1.54) is 24.3 Å². The summed E-state index contributed by atoms with van der Waals surface area (Å²) in [5.74, 6) is -0.516. The Bertz CT molecular complexity index is 530. The third kappa shape index (κ3) is 3.67. The molecule has 2 rings (SSSR count). The van der Waals surface area contributed by atoms with Crippen LogP contribution < -0.4 is 0 Å². The van der Waals surface area contributed by atoms with Crippen LogP contribution in [0.4, 0.5) is 8.78 Å². The number of rotatable bonds is 3. The molecular formula is C16H12F2. The van der Waals surface area contributed by atoms with E-state index in [4.69, 9.17) is 0 Å². The van der Waals surface area contributed by atoms with Crippen LogP contribution in [0.15, 0.2) is 60.7 Å². The summed E-state index contributed by atoms with van der Waals surface area (Å²) in [6.45, 7) is 0. The van der Waals surface area contributed by atoms with Gasteiger partial charge in [0, 0.05) is 0 Å². The molecule has 0 aromatic heterocycles. The molecule has 0 radical (unpaired) electrons. The molecule has 2 aromatic carbocycles. The van der Waals surface area contributed by atoms with Gasteiger partial charge in [-0.05, 0) is 35.4 Å². The average Bonchev–Trinajstić information content (AvgIpc) is 2.35. The Labute approximate surface area is 105 Å².